The number of benzene rings is 1. The molecular formula is C17H18N2O2. The maximum absolute atomic E-state index is 12.5. The predicted molar refractivity (Wildman–Crippen MR) is 82.1 cm³/mol. The zero-order valence-electron chi connectivity index (χ0n) is 12.2. The Hall–Kier alpha value is -2.49. The molecule has 0 bridgehead atoms. The molecule has 0 aliphatic rings. The highest BCUT2D eigenvalue weighted by molar-refractivity contribution is 5.92. The summed E-state index contributed by atoms with van der Waals surface area (Å²) < 4.78 is 5.88. The third-order valence-corrected chi connectivity index (χ3v) is 3.75. The minimum absolute atomic E-state index is 0.0181. The number of para-hydroxylation sites is 1. The van der Waals surface area contributed by atoms with Crippen LogP contribution in [0.4, 0.5) is 0 Å². The van der Waals surface area contributed by atoms with E-state index in [0.717, 1.165) is 16.7 Å². The van der Waals surface area contributed by atoms with Gasteiger partial charge in [-0.05, 0) is 38.1 Å². The van der Waals surface area contributed by atoms with E-state index < -0.39 is 0 Å². The van der Waals surface area contributed by atoms with Crippen molar-refractivity contribution >= 4 is 16.9 Å². The summed E-state index contributed by atoms with van der Waals surface area (Å²) >= 11 is 0. The second kappa shape index (κ2) is 5.48. The largest absolute Gasteiger partial charge is 0.459 e. The number of hydrogen-bond acceptors (Lipinski definition) is 2. The number of rotatable bonds is 4. The summed E-state index contributed by atoms with van der Waals surface area (Å²) in [7, 11) is 0. The lowest BCUT2D eigenvalue weighted by Gasteiger charge is -2.26. The van der Waals surface area contributed by atoms with Crippen molar-refractivity contribution in [2.45, 2.75) is 19.9 Å². The number of hydrogen-bond donors (Lipinski definition) is 1. The monoisotopic (exact) mass is 282 g/mol. The molecule has 0 unspecified atom stereocenters. The van der Waals surface area contributed by atoms with E-state index in [0.29, 0.717) is 12.2 Å². The van der Waals surface area contributed by atoms with E-state index in [9.17, 15) is 4.79 Å². The maximum atomic E-state index is 12.5. The molecule has 1 atom stereocenters. The van der Waals surface area contributed by atoms with Gasteiger partial charge in [0.25, 0.3) is 5.91 Å². The molecule has 21 heavy (non-hydrogen) atoms. The number of carbonyl (C=O) groups is 1. The number of aromatic amines is 1. The van der Waals surface area contributed by atoms with Crippen molar-refractivity contribution in [3.05, 3.63) is 60.1 Å². The average molecular weight is 282 g/mol. The first-order valence-electron chi connectivity index (χ1n) is 7.13. The Kier molecular flexibility index (Phi) is 3.52. The zero-order valence-corrected chi connectivity index (χ0v) is 12.2. The maximum Gasteiger partial charge on any atom is 0.270 e. The SMILES string of the molecule is CCN(C(=O)c1ccc[nH]1)[C@@H](C)c1cc2ccccc2o1. The van der Waals surface area contributed by atoms with E-state index in [1.807, 2.05) is 50.2 Å². The van der Waals surface area contributed by atoms with Crippen molar-refractivity contribution in [2.75, 3.05) is 6.54 Å². The average Bonchev–Trinajstić information content (AvgIpc) is 3.16. The molecule has 1 N–H and O–H groups in total. The van der Waals surface area contributed by atoms with E-state index in [-0.39, 0.29) is 11.9 Å². The molecule has 0 spiro atoms. The Morgan fingerprint density at radius 2 is 2.10 bits per heavy atom. The lowest BCUT2D eigenvalue weighted by molar-refractivity contribution is 0.0679. The topological polar surface area (TPSA) is 49.2 Å². The second-order valence-corrected chi connectivity index (χ2v) is 5.04. The Bertz CT molecular complexity index is 710. The number of H-pyrrole nitrogens is 1. The molecule has 0 saturated carbocycles. The van der Waals surface area contributed by atoms with Crippen LogP contribution in [0.15, 0.2) is 53.1 Å². The van der Waals surface area contributed by atoms with Gasteiger partial charge in [-0.2, -0.15) is 0 Å². The predicted octanol–water partition coefficient (Wildman–Crippen LogP) is 3.98. The van der Waals surface area contributed by atoms with Gasteiger partial charge < -0.3 is 14.3 Å². The van der Waals surface area contributed by atoms with Crippen molar-refractivity contribution in [2.24, 2.45) is 0 Å². The van der Waals surface area contributed by atoms with Gasteiger partial charge in [-0.3, -0.25) is 4.79 Å². The number of aromatic nitrogens is 1. The van der Waals surface area contributed by atoms with Crippen LogP contribution in [0.5, 0.6) is 0 Å². The number of amides is 1. The van der Waals surface area contributed by atoms with Gasteiger partial charge in [-0.1, -0.05) is 18.2 Å². The summed E-state index contributed by atoms with van der Waals surface area (Å²) in [4.78, 5) is 17.3. The number of nitrogens with one attached hydrogen (secondary N) is 1. The number of nitrogens with zero attached hydrogens (tertiary/aromatic N) is 1. The van der Waals surface area contributed by atoms with Gasteiger partial charge in [0.15, 0.2) is 0 Å². The molecular weight excluding hydrogens is 264 g/mol. The molecule has 4 heteroatoms. The van der Waals surface area contributed by atoms with E-state index in [1.165, 1.54) is 0 Å². The van der Waals surface area contributed by atoms with Gasteiger partial charge in [-0.25, -0.2) is 0 Å². The fraction of sp³-hybridized carbons (Fsp3) is 0.235. The number of carbonyl (C=O) groups excluding carboxylic acids is 1. The van der Waals surface area contributed by atoms with Gasteiger partial charge in [0, 0.05) is 18.1 Å². The van der Waals surface area contributed by atoms with Crippen LogP contribution in [0.2, 0.25) is 0 Å². The molecule has 2 heterocycles. The first kappa shape index (κ1) is 13.5. The van der Waals surface area contributed by atoms with Crippen molar-refractivity contribution in [3.63, 3.8) is 0 Å². The fourth-order valence-electron chi connectivity index (χ4n) is 2.57. The molecule has 1 amide bonds. The van der Waals surface area contributed by atoms with Crippen molar-refractivity contribution < 1.29 is 9.21 Å². The van der Waals surface area contributed by atoms with E-state index in [2.05, 4.69) is 4.98 Å². The Labute approximate surface area is 123 Å². The third-order valence-electron chi connectivity index (χ3n) is 3.75. The van der Waals surface area contributed by atoms with Crippen LogP contribution in [-0.2, 0) is 0 Å². The number of furan rings is 1. The Morgan fingerprint density at radius 3 is 2.76 bits per heavy atom. The minimum atomic E-state index is -0.113. The third kappa shape index (κ3) is 2.44. The summed E-state index contributed by atoms with van der Waals surface area (Å²) in [5.74, 6) is 0.786. The molecule has 2 aromatic heterocycles. The quantitative estimate of drug-likeness (QED) is 0.786. The van der Waals surface area contributed by atoms with Gasteiger partial charge in [0.2, 0.25) is 0 Å². The van der Waals surface area contributed by atoms with Crippen LogP contribution in [0.25, 0.3) is 11.0 Å². The summed E-state index contributed by atoms with van der Waals surface area (Å²) in [6, 6.07) is 13.4. The lowest BCUT2D eigenvalue weighted by Crippen LogP contribution is -2.33. The van der Waals surface area contributed by atoms with E-state index >= 15 is 0 Å². The van der Waals surface area contributed by atoms with Crippen molar-refractivity contribution in [1.29, 1.82) is 0 Å². The zero-order chi connectivity index (χ0) is 14.8. The molecule has 0 saturated heterocycles. The van der Waals surface area contributed by atoms with Gasteiger partial charge >= 0.3 is 0 Å². The molecule has 0 aliphatic heterocycles. The summed E-state index contributed by atoms with van der Waals surface area (Å²) in [6.45, 7) is 4.58. The Morgan fingerprint density at radius 1 is 1.29 bits per heavy atom. The Balaban J connectivity index is 1.91. The first-order valence-corrected chi connectivity index (χ1v) is 7.13. The molecule has 3 rings (SSSR count). The van der Waals surface area contributed by atoms with Crippen molar-refractivity contribution in [1.82, 2.24) is 9.88 Å². The van der Waals surface area contributed by atoms with Gasteiger partial charge in [-0.15, -0.1) is 0 Å². The molecule has 3 aromatic rings. The highest BCUT2D eigenvalue weighted by atomic mass is 16.3. The summed E-state index contributed by atoms with van der Waals surface area (Å²) in [5, 5.41) is 1.06. The molecule has 0 fully saturated rings. The summed E-state index contributed by atoms with van der Waals surface area (Å²) in [5.41, 5.74) is 1.45. The van der Waals surface area contributed by atoms with E-state index in [1.54, 1.807) is 17.2 Å². The van der Waals surface area contributed by atoms with E-state index in [4.69, 9.17) is 4.42 Å². The molecule has 1 aromatic carbocycles. The van der Waals surface area contributed by atoms with Crippen molar-refractivity contribution in [3.8, 4) is 0 Å². The minimum Gasteiger partial charge on any atom is -0.459 e. The number of fused-ring (bicyclic) bond motifs is 1. The summed E-state index contributed by atoms with van der Waals surface area (Å²) in [6.07, 6.45) is 1.76. The molecule has 0 aliphatic carbocycles. The molecule has 108 valence electrons. The standard InChI is InChI=1S/C17H18N2O2/c1-3-19(17(20)14-8-6-10-18-14)12(2)16-11-13-7-4-5-9-15(13)21-16/h4-12,18H,3H2,1-2H3/t12-/m0/s1. The van der Waals surface area contributed by atoms with Crippen LogP contribution in [0, 0.1) is 0 Å². The van der Waals surface area contributed by atoms with Crippen LogP contribution < -0.4 is 0 Å². The van der Waals surface area contributed by atoms with Gasteiger partial charge in [0.1, 0.15) is 17.0 Å². The molecule has 0 radical (unpaired) electrons. The second-order valence-electron chi connectivity index (χ2n) is 5.04. The van der Waals surface area contributed by atoms with Gasteiger partial charge in [0.05, 0.1) is 6.04 Å². The normalized spacial score (nSPS) is 12.5. The van der Waals surface area contributed by atoms with Crippen LogP contribution in [-0.4, -0.2) is 22.3 Å². The van der Waals surface area contributed by atoms with Crippen LogP contribution >= 0.6 is 0 Å². The van der Waals surface area contributed by atoms with Crippen LogP contribution in [0.3, 0.4) is 0 Å². The highest BCUT2D eigenvalue weighted by Crippen LogP contribution is 2.28. The fourth-order valence-corrected chi connectivity index (χ4v) is 2.57. The smallest absolute Gasteiger partial charge is 0.270 e. The van der Waals surface area contributed by atoms with Crippen LogP contribution in [0.1, 0.15) is 36.1 Å². The molecule has 4 nitrogen and oxygen atoms in total. The first-order chi connectivity index (χ1) is 10.2. The highest BCUT2D eigenvalue weighted by Gasteiger charge is 2.24. The lowest BCUT2D eigenvalue weighted by atomic mass is 10.2.